The minimum absolute atomic E-state index is 0.105. The van der Waals surface area contributed by atoms with Crippen LogP contribution in [0.1, 0.15) is 93.9 Å². The molecule has 0 bridgehead atoms. The van der Waals surface area contributed by atoms with Crippen molar-refractivity contribution in [1.29, 1.82) is 0 Å². The number of piperidine rings is 1. The van der Waals surface area contributed by atoms with Crippen LogP contribution in [0.3, 0.4) is 0 Å². The molecule has 2 rings (SSSR count). The van der Waals surface area contributed by atoms with Crippen molar-refractivity contribution in [3.8, 4) is 0 Å². The molecule has 0 aromatic heterocycles. The summed E-state index contributed by atoms with van der Waals surface area (Å²) in [7, 11) is 0. The lowest BCUT2D eigenvalue weighted by Crippen LogP contribution is -2.59. The van der Waals surface area contributed by atoms with Gasteiger partial charge >= 0.3 is 11.9 Å². The summed E-state index contributed by atoms with van der Waals surface area (Å²) in [6, 6.07) is 0. The highest BCUT2D eigenvalue weighted by atomic mass is 16.6. The highest BCUT2D eigenvalue weighted by molar-refractivity contribution is 5.91. The SMILES string of the molecule is CC1(C)CC(OC(=O)CC(=O)OC2CC(C)(C)NC(C)(C)C2)CC(C)(C)C1. The van der Waals surface area contributed by atoms with Crippen molar-refractivity contribution < 1.29 is 19.1 Å². The maximum atomic E-state index is 12.3. The van der Waals surface area contributed by atoms with Gasteiger partial charge in [-0.1, -0.05) is 27.7 Å². The minimum atomic E-state index is -0.479. The van der Waals surface area contributed by atoms with Gasteiger partial charge in [0.1, 0.15) is 18.6 Å². The van der Waals surface area contributed by atoms with Gasteiger partial charge in [-0.2, -0.15) is 0 Å². The summed E-state index contributed by atoms with van der Waals surface area (Å²) in [6.07, 6.45) is 3.66. The van der Waals surface area contributed by atoms with E-state index in [4.69, 9.17) is 9.47 Å². The lowest BCUT2D eigenvalue weighted by Gasteiger charge is -2.45. The Kier molecular flexibility index (Phi) is 6.07. The highest BCUT2D eigenvalue weighted by Gasteiger charge is 2.41. The monoisotopic (exact) mass is 381 g/mol. The van der Waals surface area contributed by atoms with Crippen molar-refractivity contribution in [3.05, 3.63) is 0 Å². The number of hydrogen-bond donors (Lipinski definition) is 1. The highest BCUT2D eigenvalue weighted by Crippen LogP contribution is 2.46. The Bertz CT molecular complexity index is 495. The average Bonchev–Trinajstić information content (AvgIpc) is 2.28. The van der Waals surface area contributed by atoms with Gasteiger partial charge in [0.15, 0.2) is 0 Å². The Balaban J connectivity index is 1.86. The molecular weight excluding hydrogens is 342 g/mol. The average molecular weight is 382 g/mol. The molecule has 27 heavy (non-hydrogen) atoms. The van der Waals surface area contributed by atoms with Gasteiger partial charge in [-0.3, -0.25) is 9.59 Å². The lowest BCUT2D eigenvalue weighted by atomic mass is 9.64. The summed E-state index contributed by atoms with van der Waals surface area (Å²) in [6.45, 7) is 17.3. The zero-order valence-corrected chi connectivity index (χ0v) is 18.5. The fourth-order valence-corrected chi connectivity index (χ4v) is 5.71. The molecule has 2 fully saturated rings. The van der Waals surface area contributed by atoms with Crippen LogP contribution in [0.2, 0.25) is 0 Å². The van der Waals surface area contributed by atoms with Crippen molar-refractivity contribution in [2.75, 3.05) is 0 Å². The van der Waals surface area contributed by atoms with Crippen molar-refractivity contribution >= 4 is 11.9 Å². The smallest absolute Gasteiger partial charge is 0.317 e. The van der Waals surface area contributed by atoms with Crippen molar-refractivity contribution in [1.82, 2.24) is 5.32 Å². The summed E-state index contributed by atoms with van der Waals surface area (Å²) in [5.74, 6) is -0.946. The molecule has 1 saturated carbocycles. The summed E-state index contributed by atoms with van der Waals surface area (Å²) >= 11 is 0. The van der Waals surface area contributed by atoms with E-state index in [9.17, 15) is 9.59 Å². The topological polar surface area (TPSA) is 64.6 Å². The Morgan fingerprint density at radius 1 is 0.741 bits per heavy atom. The van der Waals surface area contributed by atoms with E-state index < -0.39 is 11.9 Å². The summed E-state index contributed by atoms with van der Waals surface area (Å²) in [5.41, 5.74) is 0.0673. The molecule has 0 amide bonds. The summed E-state index contributed by atoms with van der Waals surface area (Å²) < 4.78 is 11.3. The van der Waals surface area contributed by atoms with Gasteiger partial charge in [0, 0.05) is 23.9 Å². The number of esters is 2. The van der Waals surface area contributed by atoms with Crippen LogP contribution in [0.5, 0.6) is 0 Å². The lowest BCUT2D eigenvalue weighted by molar-refractivity contribution is -0.165. The maximum Gasteiger partial charge on any atom is 0.317 e. The van der Waals surface area contributed by atoms with Crippen LogP contribution in [-0.4, -0.2) is 35.2 Å². The normalized spacial score (nSPS) is 27.0. The summed E-state index contributed by atoms with van der Waals surface area (Å²) in [4.78, 5) is 24.6. The van der Waals surface area contributed by atoms with Crippen LogP contribution in [0.4, 0.5) is 0 Å². The first-order valence-electron chi connectivity index (χ1n) is 10.2. The Morgan fingerprint density at radius 3 is 1.52 bits per heavy atom. The number of rotatable bonds is 4. The Labute approximate surface area is 164 Å². The molecule has 0 unspecified atom stereocenters. The number of nitrogens with one attached hydrogen (secondary N) is 1. The van der Waals surface area contributed by atoms with Crippen molar-refractivity contribution in [2.24, 2.45) is 10.8 Å². The van der Waals surface area contributed by atoms with E-state index in [2.05, 4.69) is 60.7 Å². The second-order valence-corrected chi connectivity index (χ2v) is 11.6. The molecule has 0 atom stereocenters. The van der Waals surface area contributed by atoms with E-state index in [1.807, 2.05) is 0 Å². The van der Waals surface area contributed by atoms with Gasteiger partial charge in [-0.25, -0.2) is 0 Å². The number of carbonyl (C=O) groups is 2. The fraction of sp³-hybridized carbons (Fsp3) is 0.909. The van der Waals surface area contributed by atoms with Crippen molar-refractivity contribution in [3.63, 3.8) is 0 Å². The molecule has 2 aliphatic rings. The molecular formula is C22H39NO4. The molecule has 156 valence electrons. The molecule has 1 saturated heterocycles. The third-order valence-electron chi connectivity index (χ3n) is 5.56. The third kappa shape index (κ3) is 7.10. The minimum Gasteiger partial charge on any atom is -0.462 e. The standard InChI is InChI=1S/C22H39NO4/c1-19(2)10-15(11-20(3,4)14-19)26-17(24)9-18(25)27-16-12-21(5,6)23-22(7,8)13-16/h15-16,23H,9-14H2,1-8H3. The van der Waals surface area contributed by atoms with E-state index in [1.54, 1.807) is 0 Å². The van der Waals surface area contributed by atoms with E-state index in [0.717, 1.165) is 32.1 Å². The number of carbonyl (C=O) groups excluding carboxylic acids is 2. The first-order chi connectivity index (χ1) is 12.1. The van der Waals surface area contributed by atoms with Crippen LogP contribution in [0, 0.1) is 10.8 Å². The van der Waals surface area contributed by atoms with Gasteiger partial charge in [-0.05, 0) is 57.8 Å². The molecule has 0 aromatic rings. The molecule has 1 aliphatic heterocycles. The molecule has 0 spiro atoms. The first-order valence-corrected chi connectivity index (χ1v) is 10.2. The number of ether oxygens (including phenoxy) is 2. The van der Waals surface area contributed by atoms with Gasteiger partial charge in [0.05, 0.1) is 0 Å². The van der Waals surface area contributed by atoms with Crippen LogP contribution in [0.15, 0.2) is 0 Å². The Hall–Kier alpha value is -1.10. The van der Waals surface area contributed by atoms with E-state index in [1.165, 1.54) is 0 Å². The van der Waals surface area contributed by atoms with Crippen molar-refractivity contribution in [2.45, 2.75) is 117 Å². The van der Waals surface area contributed by atoms with Gasteiger partial charge in [0.25, 0.3) is 0 Å². The van der Waals surface area contributed by atoms with E-state index >= 15 is 0 Å². The van der Waals surface area contributed by atoms with Gasteiger partial charge in [-0.15, -0.1) is 0 Å². The maximum absolute atomic E-state index is 12.3. The second kappa shape index (κ2) is 7.38. The molecule has 5 nitrogen and oxygen atoms in total. The zero-order chi connectivity index (χ0) is 20.7. The number of hydrogen-bond acceptors (Lipinski definition) is 5. The predicted octanol–water partition coefficient (Wildman–Crippen LogP) is 4.38. The van der Waals surface area contributed by atoms with Crippen LogP contribution in [-0.2, 0) is 19.1 Å². The molecule has 0 radical (unpaired) electrons. The van der Waals surface area contributed by atoms with Crippen LogP contribution in [0.25, 0.3) is 0 Å². The predicted molar refractivity (Wildman–Crippen MR) is 106 cm³/mol. The van der Waals surface area contributed by atoms with Gasteiger partial charge < -0.3 is 14.8 Å². The molecule has 1 N–H and O–H groups in total. The van der Waals surface area contributed by atoms with Crippen LogP contribution < -0.4 is 5.32 Å². The summed E-state index contributed by atoms with van der Waals surface area (Å²) in [5, 5.41) is 3.56. The van der Waals surface area contributed by atoms with Crippen LogP contribution >= 0.6 is 0 Å². The third-order valence-corrected chi connectivity index (χ3v) is 5.56. The fourth-order valence-electron chi connectivity index (χ4n) is 5.71. The Morgan fingerprint density at radius 2 is 1.11 bits per heavy atom. The molecule has 0 aromatic carbocycles. The second-order valence-electron chi connectivity index (χ2n) is 11.6. The quantitative estimate of drug-likeness (QED) is 0.578. The van der Waals surface area contributed by atoms with E-state index in [-0.39, 0.29) is 40.5 Å². The molecule has 1 aliphatic carbocycles. The van der Waals surface area contributed by atoms with Gasteiger partial charge in [0.2, 0.25) is 0 Å². The van der Waals surface area contributed by atoms with E-state index in [0.29, 0.717) is 0 Å². The first kappa shape index (κ1) is 22.2. The molecule has 1 heterocycles. The largest absolute Gasteiger partial charge is 0.462 e. The molecule has 5 heteroatoms. The zero-order valence-electron chi connectivity index (χ0n) is 18.5.